The van der Waals surface area contributed by atoms with Gasteiger partial charge in [-0.3, -0.25) is 0 Å². The van der Waals surface area contributed by atoms with Gasteiger partial charge in [-0.15, -0.1) is 0 Å². The fourth-order valence-electron chi connectivity index (χ4n) is 1.43. The van der Waals surface area contributed by atoms with Crippen LogP contribution in [0.1, 0.15) is 11.1 Å². The highest BCUT2D eigenvalue weighted by molar-refractivity contribution is 5.61. The molecule has 0 spiro atoms. The van der Waals surface area contributed by atoms with Gasteiger partial charge in [0.15, 0.2) is 6.61 Å². The minimum Gasteiger partial charge on any atom is -0.470 e. The van der Waals surface area contributed by atoms with Gasteiger partial charge in [0.25, 0.3) is 5.92 Å². The molecule has 1 aromatic heterocycles. The zero-order valence-corrected chi connectivity index (χ0v) is 8.60. The highest BCUT2D eigenvalue weighted by Crippen LogP contribution is 2.32. The van der Waals surface area contributed by atoms with E-state index in [2.05, 4.69) is 10.3 Å². The Labute approximate surface area is 86.5 Å². The molecule has 0 saturated carbocycles. The molecule has 0 atom stereocenters. The Kier molecular flexibility index (Phi) is 2.25. The summed E-state index contributed by atoms with van der Waals surface area (Å²) in [7, 11) is 0. The molecule has 15 heavy (non-hydrogen) atoms. The fraction of sp³-hybridized carbons (Fsp3) is 0.500. The maximum atomic E-state index is 13.0. The number of nitrogens with zero attached hydrogens (tertiary/aromatic N) is 1. The third-order valence-electron chi connectivity index (χ3n) is 2.50. The fourth-order valence-corrected chi connectivity index (χ4v) is 1.43. The van der Waals surface area contributed by atoms with E-state index in [1.807, 2.05) is 13.8 Å². The van der Waals surface area contributed by atoms with Gasteiger partial charge >= 0.3 is 0 Å². The number of hydrogen-bond acceptors (Lipinski definition) is 3. The van der Waals surface area contributed by atoms with E-state index in [0.717, 1.165) is 11.1 Å². The van der Waals surface area contributed by atoms with Gasteiger partial charge in [-0.1, -0.05) is 0 Å². The smallest absolute Gasteiger partial charge is 0.298 e. The molecule has 0 bridgehead atoms. The molecule has 0 radical (unpaired) electrons. The van der Waals surface area contributed by atoms with Gasteiger partial charge in [-0.05, 0) is 25.0 Å². The van der Waals surface area contributed by atoms with Gasteiger partial charge in [-0.25, -0.2) is 13.8 Å². The molecule has 0 fully saturated rings. The van der Waals surface area contributed by atoms with Crippen molar-refractivity contribution in [2.75, 3.05) is 18.5 Å². The van der Waals surface area contributed by atoms with Crippen molar-refractivity contribution in [2.24, 2.45) is 0 Å². The van der Waals surface area contributed by atoms with E-state index in [1.165, 1.54) is 0 Å². The van der Waals surface area contributed by atoms with Gasteiger partial charge in [0.05, 0.1) is 6.54 Å². The summed E-state index contributed by atoms with van der Waals surface area (Å²) in [4.78, 5) is 3.99. The largest absolute Gasteiger partial charge is 0.470 e. The van der Waals surface area contributed by atoms with Gasteiger partial charge in [-0.2, -0.15) is 0 Å². The van der Waals surface area contributed by atoms with Gasteiger partial charge in [0.1, 0.15) is 5.69 Å². The molecule has 0 aliphatic carbocycles. The van der Waals surface area contributed by atoms with Crippen LogP contribution in [0.2, 0.25) is 0 Å². The number of nitrogens with one attached hydrogen (secondary N) is 1. The first-order chi connectivity index (χ1) is 6.99. The number of hydrogen-bond donors (Lipinski definition) is 1. The molecule has 0 amide bonds. The second-order valence-electron chi connectivity index (χ2n) is 3.74. The first-order valence-electron chi connectivity index (χ1n) is 4.70. The van der Waals surface area contributed by atoms with Crippen LogP contribution in [0, 0.1) is 13.8 Å². The van der Waals surface area contributed by atoms with E-state index in [0.29, 0.717) is 5.69 Å². The SMILES string of the molecule is Cc1cnc2c(c1C)NCC(F)(F)CO2. The zero-order valence-electron chi connectivity index (χ0n) is 8.60. The molecule has 1 aliphatic heterocycles. The summed E-state index contributed by atoms with van der Waals surface area (Å²) in [6.07, 6.45) is 1.62. The number of pyridine rings is 1. The van der Waals surface area contributed by atoms with Crippen LogP contribution in [0.3, 0.4) is 0 Å². The highest BCUT2D eigenvalue weighted by atomic mass is 19.3. The van der Waals surface area contributed by atoms with Gasteiger partial charge in [0, 0.05) is 6.20 Å². The third-order valence-corrected chi connectivity index (χ3v) is 2.50. The van der Waals surface area contributed by atoms with Crippen molar-refractivity contribution in [3.05, 3.63) is 17.3 Å². The Hall–Kier alpha value is -1.39. The molecular formula is C10H12F2N2O. The Morgan fingerprint density at radius 3 is 2.93 bits per heavy atom. The van der Waals surface area contributed by atoms with Crippen LogP contribution >= 0.6 is 0 Å². The van der Waals surface area contributed by atoms with Crippen molar-refractivity contribution in [3.63, 3.8) is 0 Å². The zero-order chi connectivity index (χ0) is 11.1. The molecule has 0 aromatic carbocycles. The predicted molar refractivity (Wildman–Crippen MR) is 52.6 cm³/mol. The molecule has 0 saturated heterocycles. The minimum atomic E-state index is -2.85. The normalized spacial score (nSPS) is 18.4. The van der Waals surface area contributed by atoms with Crippen LogP contribution in [0.25, 0.3) is 0 Å². The van der Waals surface area contributed by atoms with Crippen LogP contribution < -0.4 is 10.1 Å². The number of anilines is 1. The molecule has 2 rings (SSSR count). The Morgan fingerprint density at radius 1 is 1.47 bits per heavy atom. The summed E-state index contributed by atoms with van der Waals surface area (Å²) in [6.45, 7) is 2.71. The average molecular weight is 214 g/mol. The molecule has 1 aromatic rings. The van der Waals surface area contributed by atoms with Crippen molar-refractivity contribution < 1.29 is 13.5 Å². The lowest BCUT2D eigenvalue weighted by atomic mass is 10.1. The number of rotatable bonds is 0. The summed E-state index contributed by atoms with van der Waals surface area (Å²) in [6, 6.07) is 0. The second kappa shape index (κ2) is 3.32. The van der Waals surface area contributed by atoms with Crippen LogP contribution in [0.5, 0.6) is 5.88 Å². The molecular weight excluding hydrogens is 202 g/mol. The molecule has 1 aliphatic rings. The van der Waals surface area contributed by atoms with E-state index >= 15 is 0 Å². The first kappa shape index (κ1) is 10.1. The number of aromatic nitrogens is 1. The lowest BCUT2D eigenvalue weighted by Gasteiger charge is -2.12. The quantitative estimate of drug-likeness (QED) is 0.718. The van der Waals surface area contributed by atoms with Gasteiger partial charge in [0.2, 0.25) is 5.88 Å². The molecule has 0 unspecified atom stereocenters. The average Bonchev–Trinajstić information content (AvgIpc) is 2.32. The van der Waals surface area contributed by atoms with E-state index in [9.17, 15) is 8.78 Å². The number of halogens is 2. The molecule has 1 N–H and O–H groups in total. The number of fused-ring (bicyclic) bond motifs is 1. The Bertz CT molecular complexity index is 393. The standard InChI is InChI=1S/C10H12F2N2O/c1-6-3-13-9-8(7(6)2)14-4-10(11,12)5-15-9/h3,14H,4-5H2,1-2H3. The molecule has 5 heteroatoms. The highest BCUT2D eigenvalue weighted by Gasteiger charge is 2.33. The number of aryl methyl sites for hydroxylation is 1. The molecule has 2 heterocycles. The van der Waals surface area contributed by atoms with E-state index in [4.69, 9.17) is 4.74 Å². The lowest BCUT2D eigenvalue weighted by Crippen LogP contribution is -2.31. The Morgan fingerprint density at radius 2 is 2.20 bits per heavy atom. The predicted octanol–water partition coefficient (Wildman–Crippen LogP) is 2.14. The van der Waals surface area contributed by atoms with E-state index in [1.54, 1.807) is 6.20 Å². The van der Waals surface area contributed by atoms with Crippen molar-refractivity contribution in [3.8, 4) is 5.88 Å². The van der Waals surface area contributed by atoms with Crippen molar-refractivity contribution in [1.82, 2.24) is 4.98 Å². The van der Waals surface area contributed by atoms with Crippen molar-refractivity contribution in [2.45, 2.75) is 19.8 Å². The van der Waals surface area contributed by atoms with Gasteiger partial charge < -0.3 is 10.1 Å². The maximum Gasteiger partial charge on any atom is 0.298 e. The minimum absolute atomic E-state index is 0.260. The summed E-state index contributed by atoms with van der Waals surface area (Å²) >= 11 is 0. The monoisotopic (exact) mass is 214 g/mol. The van der Waals surface area contributed by atoms with Crippen molar-refractivity contribution in [1.29, 1.82) is 0 Å². The summed E-state index contributed by atoms with van der Waals surface area (Å²) < 4.78 is 31.1. The van der Waals surface area contributed by atoms with E-state index < -0.39 is 19.1 Å². The Balaban J connectivity index is 2.40. The number of ether oxygens (including phenoxy) is 1. The third kappa shape index (κ3) is 1.86. The summed E-state index contributed by atoms with van der Waals surface area (Å²) in [5.41, 5.74) is 2.43. The number of alkyl halides is 2. The summed E-state index contributed by atoms with van der Waals surface area (Å²) in [5, 5.41) is 2.69. The summed E-state index contributed by atoms with van der Waals surface area (Å²) in [5.74, 6) is -2.59. The molecule has 82 valence electrons. The van der Waals surface area contributed by atoms with Crippen LogP contribution in [-0.4, -0.2) is 24.1 Å². The maximum absolute atomic E-state index is 13.0. The first-order valence-corrected chi connectivity index (χ1v) is 4.70. The van der Waals surface area contributed by atoms with Crippen molar-refractivity contribution >= 4 is 5.69 Å². The topological polar surface area (TPSA) is 34.2 Å². The second-order valence-corrected chi connectivity index (χ2v) is 3.74. The van der Waals surface area contributed by atoms with Crippen LogP contribution in [0.4, 0.5) is 14.5 Å². The lowest BCUT2D eigenvalue weighted by molar-refractivity contribution is -0.0258. The molecule has 3 nitrogen and oxygen atoms in total. The van der Waals surface area contributed by atoms with Crippen LogP contribution in [-0.2, 0) is 0 Å². The van der Waals surface area contributed by atoms with Crippen LogP contribution in [0.15, 0.2) is 6.20 Å². The van der Waals surface area contributed by atoms with E-state index in [-0.39, 0.29) is 5.88 Å².